The number of aliphatic hydroxyl groups excluding tert-OH is 1. The van der Waals surface area contributed by atoms with E-state index in [1.54, 1.807) is 20.8 Å². The van der Waals surface area contributed by atoms with Crippen LogP contribution in [0.5, 0.6) is 0 Å². The van der Waals surface area contributed by atoms with Crippen molar-refractivity contribution in [2.45, 2.75) is 83.3 Å². The zero-order valence-electron chi connectivity index (χ0n) is 22.7. The average molecular weight is 551 g/mol. The fraction of sp³-hybridized carbons (Fsp3) is 0.724. The summed E-state index contributed by atoms with van der Waals surface area (Å²) in [4.78, 5) is 51.0. The van der Waals surface area contributed by atoms with Gasteiger partial charge < -0.3 is 19.3 Å². The predicted molar refractivity (Wildman–Crippen MR) is 133 cm³/mol. The van der Waals surface area contributed by atoms with Gasteiger partial charge in [-0.05, 0) is 69.6 Å². The number of halogens is 2. The van der Waals surface area contributed by atoms with Crippen LogP contribution in [0, 0.1) is 34.5 Å². The van der Waals surface area contributed by atoms with Gasteiger partial charge in [0.25, 0.3) is 0 Å². The highest BCUT2D eigenvalue weighted by Gasteiger charge is 2.78. The first kappa shape index (κ1) is 27.9. The Morgan fingerprint density at radius 1 is 1.13 bits per heavy atom. The van der Waals surface area contributed by atoms with Crippen molar-refractivity contribution in [3.8, 4) is 0 Å². The molecule has 4 fully saturated rings. The van der Waals surface area contributed by atoms with Gasteiger partial charge >= 0.3 is 12.1 Å². The Morgan fingerprint density at radius 3 is 2.46 bits per heavy atom. The van der Waals surface area contributed by atoms with E-state index < -0.39 is 82.4 Å². The lowest BCUT2D eigenvalue weighted by Gasteiger charge is -2.63. The number of hydrogen-bond donors (Lipinski definition) is 1. The lowest BCUT2D eigenvalue weighted by Crippen LogP contribution is -2.71. The second kappa shape index (κ2) is 9.21. The van der Waals surface area contributed by atoms with E-state index in [9.17, 15) is 24.3 Å². The van der Waals surface area contributed by atoms with E-state index >= 15 is 8.78 Å². The Balaban J connectivity index is 1.57. The number of hydrogen-bond acceptors (Lipinski definition) is 8. The van der Waals surface area contributed by atoms with Crippen molar-refractivity contribution in [2.24, 2.45) is 34.5 Å². The molecule has 5 aliphatic carbocycles. The van der Waals surface area contributed by atoms with Gasteiger partial charge in [0.05, 0.1) is 18.6 Å². The zero-order chi connectivity index (χ0) is 28.5. The number of Topliss-reactive ketones (excluding diaryl/α,β-unsaturated/α-hetero) is 1. The number of esters is 1. The molecular weight excluding hydrogens is 514 g/mol. The molecule has 0 radical (unpaired) electrons. The van der Waals surface area contributed by atoms with Crippen LogP contribution in [0.1, 0.15) is 59.8 Å². The summed E-state index contributed by atoms with van der Waals surface area (Å²) in [6.45, 7) is 5.76. The van der Waals surface area contributed by atoms with Gasteiger partial charge in [0, 0.05) is 22.7 Å². The summed E-state index contributed by atoms with van der Waals surface area (Å²) in [6, 6.07) is 0. The van der Waals surface area contributed by atoms with Gasteiger partial charge in [-0.15, -0.1) is 0 Å². The van der Waals surface area contributed by atoms with Crippen LogP contribution in [-0.2, 0) is 28.6 Å². The molecule has 10 heteroatoms. The Hall–Kier alpha value is -2.62. The summed E-state index contributed by atoms with van der Waals surface area (Å²) < 4.78 is 49.3. The Morgan fingerprint density at radius 2 is 1.82 bits per heavy atom. The smallest absolute Gasteiger partial charge is 0.457 e. The number of ketones is 2. The maximum absolute atomic E-state index is 17.4. The highest BCUT2D eigenvalue weighted by Crippen LogP contribution is 2.71. The number of ether oxygens (including phenoxy) is 3. The molecule has 1 N–H and O–H groups in total. The third-order valence-electron chi connectivity index (χ3n) is 10.3. The molecule has 5 rings (SSSR count). The Labute approximate surface area is 226 Å². The SMILES string of the molecule is CCOC(=O)O[C@]1(C(=O)COC(=O)C2CC2)[C@H](C)C[C@H]2[C@@H]3C[C@H](F)C4=CC(=O)C=C[C@]4(C)[C@@]3(F)[C@@H](O)C[C@@]21C. The van der Waals surface area contributed by atoms with Crippen LogP contribution in [-0.4, -0.2) is 65.6 Å². The fourth-order valence-corrected chi connectivity index (χ4v) is 8.35. The molecule has 8 nitrogen and oxygen atoms in total. The first-order valence-electron chi connectivity index (χ1n) is 13.8. The number of rotatable bonds is 6. The van der Waals surface area contributed by atoms with Gasteiger partial charge in [0.2, 0.25) is 5.78 Å². The molecule has 0 amide bonds. The van der Waals surface area contributed by atoms with Crippen molar-refractivity contribution in [1.82, 2.24) is 0 Å². The molecule has 0 spiro atoms. The molecule has 0 unspecified atom stereocenters. The lowest BCUT2D eigenvalue weighted by molar-refractivity contribution is -0.226. The van der Waals surface area contributed by atoms with Crippen molar-refractivity contribution >= 4 is 23.7 Å². The summed E-state index contributed by atoms with van der Waals surface area (Å²) in [5.74, 6) is -4.29. The minimum atomic E-state index is -2.34. The highest BCUT2D eigenvalue weighted by molar-refractivity contribution is 6.01. The van der Waals surface area contributed by atoms with E-state index in [1.165, 1.54) is 19.1 Å². The van der Waals surface area contributed by atoms with Gasteiger partial charge in [-0.25, -0.2) is 13.6 Å². The number of fused-ring (bicyclic) bond motifs is 5. The molecule has 0 saturated heterocycles. The molecular formula is C29H36F2O8. The number of allylic oxidation sites excluding steroid dienone is 4. The summed E-state index contributed by atoms with van der Waals surface area (Å²) >= 11 is 0. The molecule has 0 aliphatic heterocycles. The standard InChI is InChI=1S/C29H36F2O8/c1-5-37-25(36)39-29(23(34)14-38-24(35)16-6-7-16)15(2)10-18-19-12-21(30)20-11-17(32)8-9-26(20,3)28(19,31)22(33)13-27(18,29)4/h8-9,11,15-16,18-19,21-22,33H,5-7,10,12-14H2,1-4H3/t15-,18+,19+,21+,22+,26+,27+,28+,29+/m1/s1. The average Bonchev–Trinajstić information content (AvgIpc) is 3.69. The van der Waals surface area contributed by atoms with Gasteiger partial charge in [-0.2, -0.15) is 0 Å². The molecule has 0 aromatic heterocycles. The molecule has 4 saturated carbocycles. The van der Waals surface area contributed by atoms with Crippen LogP contribution in [0.25, 0.3) is 0 Å². The maximum atomic E-state index is 17.4. The number of carbonyl (C=O) groups is 4. The maximum Gasteiger partial charge on any atom is 0.509 e. The van der Waals surface area contributed by atoms with Gasteiger partial charge in [-0.3, -0.25) is 14.4 Å². The number of carbonyl (C=O) groups excluding carboxylic acids is 4. The van der Waals surface area contributed by atoms with E-state index in [0.29, 0.717) is 12.8 Å². The molecule has 214 valence electrons. The first-order valence-corrected chi connectivity index (χ1v) is 13.8. The lowest BCUT2D eigenvalue weighted by atomic mass is 9.44. The molecule has 39 heavy (non-hydrogen) atoms. The minimum Gasteiger partial charge on any atom is -0.457 e. The predicted octanol–water partition coefficient (Wildman–Crippen LogP) is 3.99. The minimum absolute atomic E-state index is 0.000417. The first-order chi connectivity index (χ1) is 18.3. The van der Waals surface area contributed by atoms with E-state index in [-0.39, 0.29) is 37.4 Å². The number of aliphatic hydroxyl groups is 1. The van der Waals surface area contributed by atoms with Crippen LogP contribution in [0.3, 0.4) is 0 Å². The van der Waals surface area contributed by atoms with Crippen LogP contribution in [0.15, 0.2) is 23.8 Å². The van der Waals surface area contributed by atoms with Gasteiger partial charge in [-0.1, -0.05) is 19.9 Å². The van der Waals surface area contributed by atoms with E-state index in [0.717, 1.165) is 6.08 Å². The zero-order valence-corrected chi connectivity index (χ0v) is 22.7. The van der Waals surface area contributed by atoms with Crippen LogP contribution in [0.2, 0.25) is 0 Å². The fourth-order valence-electron chi connectivity index (χ4n) is 8.35. The van der Waals surface area contributed by atoms with Crippen molar-refractivity contribution in [2.75, 3.05) is 13.2 Å². The van der Waals surface area contributed by atoms with Crippen LogP contribution < -0.4 is 0 Å². The highest BCUT2D eigenvalue weighted by atomic mass is 19.1. The molecule has 9 atom stereocenters. The summed E-state index contributed by atoms with van der Waals surface area (Å²) in [6.07, 6.45) is 0.220. The van der Waals surface area contributed by atoms with E-state index in [4.69, 9.17) is 14.2 Å². The Bertz CT molecular complexity index is 1160. The van der Waals surface area contributed by atoms with Crippen LogP contribution in [0.4, 0.5) is 13.6 Å². The largest absolute Gasteiger partial charge is 0.509 e. The quantitative estimate of drug-likeness (QED) is 0.494. The van der Waals surface area contributed by atoms with Crippen molar-refractivity contribution in [3.05, 3.63) is 23.8 Å². The van der Waals surface area contributed by atoms with Crippen molar-refractivity contribution in [1.29, 1.82) is 0 Å². The molecule has 0 aromatic rings. The molecule has 5 aliphatic rings. The van der Waals surface area contributed by atoms with Gasteiger partial charge in [0.1, 0.15) is 6.17 Å². The summed E-state index contributed by atoms with van der Waals surface area (Å²) in [5, 5.41) is 11.6. The normalized spacial score (nSPS) is 44.4. The second-order valence-electron chi connectivity index (χ2n) is 12.3. The molecule has 0 bridgehead atoms. The van der Waals surface area contributed by atoms with E-state index in [2.05, 4.69) is 0 Å². The van der Waals surface area contributed by atoms with Gasteiger partial charge in [0.15, 0.2) is 23.7 Å². The number of alkyl halides is 2. The Kier molecular flexibility index (Phi) is 6.60. The molecule has 0 aromatic carbocycles. The summed E-state index contributed by atoms with van der Waals surface area (Å²) in [7, 11) is 0. The molecule has 0 heterocycles. The van der Waals surface area contributed by atoms with Crippen molar-refractivity contribution in [3.63, 3.8) is 0 Å². The van der Waals surface area contributed by atoms with E-state index in [1.807, 2.05) is 0 Å². The third-order valence-corrected chi connectivity index (χ3v) is 10.3. The van der Waals surface area contributed by atoms with Crippen molar-refractivity contribution < 1.29 is 47.3 Å². The topological polar surface area (TPSA) is 116 Å². The second-order valence-corrected chi connectivity index (χ2v) is 12.3. The summed E-state index contributed by atoms with van der Waals surface area (Å²) in [5.41, 5.74) is -7.15. The third kappa shape index (κ3) is 3.76. The monoisotopic (exact) mass is 550 g/mol. The van der Waals surface area contributed by atoms with Crippen LogP contribution >= 0.6 is 0 Å².